The minimum absolute atomic E-state index is 0.0825. The molecule has 2 aliphatic rings. The SMILES string of the molecule is CN1CCC[C@@H](C(=O)N[C@H]2COc3ccccc32)C1=O. The van der Waals surface area contributed by atoms with E-state index in [2.05, 4.69) is 5.32 Å². The minimum Gasteiger partial charge on any atom is -0.491 e. The molecule has 5 nitrogen and oxygen atoms in total. The van der Waals surface area contributed by atoms with E-state index in [-0.39, 0.29) is 17.9 Å². The Hall–Kier alpha value is -2.04. The average molecular weight is 274 g/mol. The van der Waals surface area contributed by atoms with Crippen molar-refractivity contribution in [3.05, 3.63) is 29.8 Å². The number of ether oxygens (including phenoxy) is 1. The Balaban J connectivity index is 1.70. The number of piperidine rings is 1. The van der Waals surface area contributed by atoms with E-state index in [0.717, 1.165) is 24.3 Å². The molecule has 1 aromatic rings. The lowest BCUT2D eigenvalue weighted by Crippen LogP contribution is -2.46. The number of likely N-dealkylation sites (tertiary alicyclic amines) is 1. The van der Waals surface area contributed by atoms with Gasteiger partial charge in [0.05, 0.1) is 6.04 Å². The molecule has 0 spiro atoms. The first kappa shape index (κ1) is 13.0. The number of rotatable bonds is 2. The van der Waals surface area contributed by atoms with Gasteiger partial charge in [-0.1, -0.05) is 18.2 Å². The normalized spacial score (nSPS) is 25.1. The molecule has 2 atom stereocenters. The topological polar surface area (TPSA) is 58.6 Å². The quantitative estimate of drug-likeness (QED) is 0.822. The van der Waals surface area contributed by atoms with Gasteiger partial charge in [0.25, 0.3) is 0 Å². The van der Waals surface area contributed by atoms with Crippen LogP contribution in [0.5, 0.6) is 5.75 Å². The molecule has 1 N–H and O–H groups in total. The van der Waals surface area contributed by atoms with E-state index in [1.807, 2.05) is 24.3 Å². The third-order valence-corrected chi connectivity index (χ3v) is 3.99. The molecule has 3 rings (SSSR count). The molecule has 0 unspecified atom stereocenters. The van der Waals surface area contributed by atoms with Gasteiger partial charge < -0.3 is 15.0 Å². The van der Waals surface area contributed by atoms with Crippen molar-refractivity contribution in [3.8, 4) is 5.75 Å². The molecule has 1 aromatic carbocycles. The number of nitrogens with zero attached hydrogens (tertiary/aromatic N) is 1. The van der Waals surface area contributed by atoms with Crippen molar-refractivity contribution in [2.24, 2.45) is 5.92 Å². The molecule has 1 fully saturated rings. The molecule has 0 bridgehead atoms. The van der Waals surface area contributed by atoms with Crippen LogP contribution in [0.15, 0.2) is 24.3 Å². The summed E-state index contributed by atoms with van der Waals surface area (Å²) in [5.74, 6) is -0.0146. The third kappa shape index (κ3) is 2.24. The Labute approximate surface area is 117 Å². The summed E-state index contributed by atoms with van der Waals surface area (Å²) in [5.41, 5.74) is 0.984. The largest absolute Gasteiger partial charge is 0.491 e. The highest BCUT2D eigenvalue weighted by atomic mass is 16.5. The van der Waals surface area contributed by atoms with E-state index in [9.17, 15) is 9.59 Å². The number of fused-ring (bicyclic) bond motifs is 1. The summed E-state index contributed by atoms with van der Waals surface area (Å²) in [6, 6.07) is 7.51. The zero-order valence-electron chi connectivity index (χ0n) is 11.5. The number of nitrogens with one attached hydrogen (secondary N) is 1. The van der Waals surface area contributed by atoms with Gasteiger partial charge in [0.2, 0.25) is 11.8 Å². The molecule has 0 aromatic heterocycles. The molecule has 0 radical (unpaired) electrons. The molecule has 2 aliphatic heterocycles. The van der Waals surface area contributed by atoms with Gasteiger partial charge in [-0.15, -0.1) is 0 Å². The number of amides is 2. The van der Waals surface area contributed by atoms with Crippen molar-refractivity contribution >= 4 is 11.8 Å². The van der Waals surface area contributed by atoms with E-state index in [1.54, 1.807) is 11.9 Å². The fourth-order valence-corrected chi connectivity index (χ4v) is 2.83. The zero-order chi connectivity index (χ0) is 14.1. The summed E-state index contributed by atoms with van der Waals surface area (Å²) < 4.78 is 5.54. The summed E-state index contributed by atoms with van der Waals surface area (Å²) in [6.07, 6.45) is 1.50. The lowest BCUT2D eigenvalue weighted by Gasteiger charge is -2.29. The van der Waals surface area contributed by atoms with Gasteiger partial charge >= 0.3 is 0 Å². The number of carbonyl (C=O) groups is 2. The van der Waals surface area contributed by atoms with Gasteiger partial charge in [0.15, 0.2) is 0 Å². The van der Waals surface area contributed by atoms with Crippen LogP contribution in [-0.4, -0.2) is 36.9 Å². The van der Waals surface area contributed by atoms with Gasteiger partial charge in [0.1, 0.15) is 18.3 Å². The molecular formula is C15H18N2O3. The number of hydrogen-bond donors (Lipinski definition) is 1. The first-order chi connectivity index (χ1) is 9.66. The second-order valence-electron chi connectivity index (χ2n) is 5.36. The standard InChI is InChI=1S/C15H18N2O3/c1-17-8-4-6-11(15(17)19)14(18)16-12-9-20-13-7-3-2-5-10(12)13/h2-3,5,7,11-12H,4,6,8-9H2,1H3,(H,16,18)/t11-,12-/m0/s1. The van der Waals surface area contributed by atoms with Crippen LogP contribution in [0, 0.1) is 5.92 Å². The fourth-order valence-electron chi connectivity index (χ4n) is 2.83. The first-order valence-electron chi connectivity index (χ1n) is 6.94. The van der Waals surface area contributed by atoms with Crippen LogP contribution in [0.1, 0.15) is 24.4 Å². The van der Waals surface area contributed by atoms with Crippen molar-refractivity contribution in [2.75, 3.05) is 20.2 Å². The molecule has 0 aliphatic carbocycles. The summed E-state index contributed by atoms with van der Waals surface area (Å²) in [6.45, 7) is 1.17. The zero-order valence-corrected chi connectivity index (χ0v) is 11.5. The van der Waals surface area contributed by atoms with Crippen molar-refractivity contribution < 1.29 is 14.3 Å². The predicted octanol–water partition coefficient (Wildman–Crippen LogP) is 1.10. The van der Waals surface area contributed by atoms with Crippen LogP contribution >= 0.6 is 0 Å². The molecule has 2 heterocycles. The van der Waals surface area contributed by atoms with Crippen molar-refractivity contribution in [2.45, 2.75) is 18.9 Å². The highest BCUT2D eigenvalue weighted by molar-refractivity contribution is 6.00. The van der Waals surface area contributed by atoms with Crippen LogP contribution in [0.25, 0.3) is 0 Å². The van der Waals surface area contributed by atoms with Crippen LogP contribution < -0.4 is 10.1 Å². The smallest absolute Gasteiger partial charge is 0.234 e. The Morgan fingerprint density at radius 3 is 3.05 bits per heavy atom. The van der Waals surface area contributed by atoms with Crippen molar-refractivity contribution in [3.63, 3.8) is 0 Å². The molecule has 0 saturated carbocycles. The van der Waals surface area contributed by atoms with Gasteiger partial charge in [0, 0.05) is 19.2 Å². The molecule has 20 heavy (non-hydrogen) atoms. The Kier molecular flexibility index (Phi) is 3.34. The Morgan fingerprint density at radius 1 is 1.40 bits per heavy atom. The summed E-state index contributed by atoms with van der Waals surface area (Å²) >= 11 is 0. The van der Waals surface area contributed by atoms with Crippen molar-refractivity contribution in [1.29, 1.82) is 0 Å². The van der Waals surface area contributed by atoms with Crippen LogP contribution in [0.3, 0.4) is 0 Å². The van der Waals surface area contributed by atoms with Gasteiger partial charge in [-0.25, -0.2) is 0 Å². The molecule has 1 saturated heterocycles. The number of benzene rings is 1. The van der Waals surface area contributed by atoms with Gasteiger partial charge in [-0.2, -0.15) is 0 Å². The van der Waals surface area contributed by atoms with E-state index in [4.69, 9.17) is 4.74 Å². The van der Waals surface area contributed by atoms with E-state index in [1.165, 1.54) is 0 Å². The maximum absolute atomic E-state index is 12.3. The van der Waals surface area contributed by atoms with E-state index >= 15 is 0 Å². The van der Waals surface area contributed by atoms with E-state index < -0.39 is 5.92 Å². The summed E-state index contributed by atoms with van der Waals surface area (Å²) in [5, 5.41) is 2.94. The van der Waals surface area contributed by atoms with Gasteiger partial charge in [-0.05, 0) is 18.9 Å². The van der Waals surface area contributed by atoms with Gasteiger partial charge in [-0.3, -0.25) is 9.59 Å². The molecule has 2 amide bonds. The summed E-state index contributed by atoms with van der Waals surface area (Å²) in [4.78, 5) is 26.0. The maximum Gasteiger partial charge on any atom is 0.234 e. The second-order valence-corrected chi connectivity index (χ2v) is 5.36. The first-order valence-corrected chi connectivity index (χ1v) is 6.94. The predicted molar refractivity (Wildman–Crippen MR) is 73.2 cm³/mol. The monoisotopic (exact) mass is 274 g/mol. The fraction of sp³-hybridized carbons (Fsp3) is 0.467. The average Bonchev–Trinajstić information content (AvgIpc) is 2.85. The minimum atomic E-state index is -0.554. The lowest BCUT2D eigenvalue weighted by atomic mass is 9.96. The number of para-hydroxylation sites is 1. The highest BCUT2D eigenvalue weighted by Crippen LogP contribution is 2.32. The van der Waals surface area contributed by atoms with Crippen LogP contribution in [-0.2, 0) is 9.59 Å². The molecule has 106 valence electrons. The van der Waals surface area contributed by atoms with Crippen molar-refractivity contribution in [1.82, 2.24) is 10.2 Å². The second kappa shape index (κ2) is 5.15. The highest BCUT2D eigenvalue weighted by Gasteiger charge is 2.35. The number of hydrogen-bond acceptors (Lipinski definition) is 3. The summed E-state index contributed by atoms with van der Waals surface area (Å²) in [7, 11) is 1.75. The van der Waals surface area contributed by atoms with Crippen LogP contribution in [0.2, 0.25) is 0 Å². The lowest BCUT2D eigenvalue weighted by molar-refractivity contribution is -0.144. The van der Waals surface area contributed by atoms with Crippen LogP contribution in [0.4, 0.5) is 0 Å². The van der Waals surface area contributed by atoms with E-state index in [0.29, 0.717) is 13.0 Å². The number of carbonyl (C=O) groups excluding carboxylic acids is 2. The Morgan fingerprint density at radius 2 is 2.20 bits per heavy atom. The molecular weight excluding hydrogens is 256 g/mol. The maximum atomic E-state index is 12.3. The molecule has 5 heteroatoms. The third-order valence-electron chi connectivity index (χ3n) is 3.99. The Bertz CT molecular complexity index is 544.